The van der Waals surface area contributed by atoms with Gasteiger partial charge in [0, 0.05) is 18.0 Å². The highest BCUT2D eigenvalue weighted by atomic mass is 16.1. The molecule has 0 aliphatic carbocycles. The van der Waals surface area contributed by atoms with E-state index in [9.17, 15) is 4.79 Å². The number of Topliss-reactive ketones (excluding diaryl/α,β-unsaturated/α-hetero) is 1. The highest BCUT2D eigenvalue weighted by Gasteiger charge is 2.30. The third-order valence-corrected chi connectivity index (χ3v) is 4.42. The molecule has 5 heteroatoms. The van der Waals surface area contributed by atoms with Gasteiger partial charge in [-0.3, -0.25) is 4.79 Å². The van der Waals surface area contributed by atoms with Crippen LogP contribution in [0.4, 0.5) is 5.95 Å². The first kappa shape index (κ1) is 14.6. The fourth-order valence-corrected chi connectivity index (χ4v) is 3.24. The topological polar surface area (TPSA) is 59.8 Å². The van der Waals surface area contributed by atoms with E-state index < -0.39 is 0 Å². The zero-order chi connectivity index (χ0) is 16.4. The van der Waals surface area contributed by atoms with Crippen molar-refractivity contribution >= 4 is 11.7 Å². The van der Waals surface area contributed by atoms with Crippen LogP contribution >= 0.6 is 0 Å². The lowest BCUT2D eigenvalue weighted by atomic mass is 9.93. The van der Waals surface area contributed by atoms with Crippen molar-refractivity contribution in [3.8, 4) is 0 Å². The SMILES string of the molecule is O=C(CC1CC(c2ccccc2)n2ncnc2N1)c1ccccc1. The van der Waals surface area contributed by atoms with Crippen molar-refractivity contribution < 1.29 is 4.79 Å². The molecule has 1 aliphatic rings. The molecule has 2 aromatic carbocycles. The Balaban J connectivity index is 1.57. The van der Waals surface area contributed by atoms with Crippen LogP contribution < -0.4 is 5.32 Å². The minimum Gasteiger partial charge on any atom is -0.351 e. The van der Waals surface area contributed by atoms with E-state index in [1.807, 2.05) is 53.2 Å². The number of benzene rings is 2. The van der Waals surface area contributed by atoms with Gasteiger partial charge in [-0.05, 0) is 12.0 Å². The maximum atomic E-state index is 12.5. The number of aromatic nitrogens is 3. The monoisotopic (exact) mass is 318 g/mol. The van der Waals surface area contributed by atoms with Crippen molar-refractivity contribution in [2.75, 3.05) is 5.32 Å². The first-order chi connectivity index (χ1) is 11.8. The molecule has 0 spiro atoms. The number of anilines is 1. The predicted molar refractivity (Wildman–Crippen MR) is 92.0 cm³/mol. The van der Waals surface area contributed by atoms with Gasteiger partial charge in [0.25, 0.3) is 0 Å². The zero-order valence-corrected chi connectivity index (χ0v) is 13.2. The summed E-state index contributed by atoms with van der Waals surface area (Å²) in [5.74, 6) is 0.869. The second-order valence-corrected chi connectivity index (χ2v) is 6.02. The smallest absolute Gasteiger partial charge is 0.221 e. The van der Waals surface area contributed by atoms with Gasteiger partial charge >= 0.3 is 0 Å². The van der Waals surface area contributed by atoms with Crippen molar-refractivity contribution in [3.63, 3.8) is 0 Å². The summed E-state index contributed by atoms with van der Waals surface area (Å²) in [4.78, 5) is 16.8. The number of hydrogen-bond donors (Lipinski definition) is 1. The number of fused-ring (bicyclic) bond motifs is 1. The van der Waals surface area contributed by atoms with Crippen molar-refractivity contribution in [2.45, 2.75) is 24.9 Å². The Morgan fingerprint density at radius 1 is 1.08 bits per heavy atom. The van der Waals surface area contributed by atoms with E-state index in [1.165, 1.54) is 5.56 Å². The van der Waals surface area contributed by atoms with Gasteiger partial charge in [0.05, 0.1) is 6.04 Å². The van der Waals surface area contributed by atoms with Crippen LogP contribution in [0.3, 0.4) is 0 Å². The molecule has 0 saturated heterocycles. The van der Waals surface area contributed by atoms with Crippen molar-refractivity contribution in [1.29, 1.82) is 0 Å². The highest BCUT2D eigenvalue weighted by molar-refractivity contribution is 5.96. The minimum atomic E-state index is 0.0413. The Bertz CT molecular complexity index is 829. The van der Waals surface area contributed by atoms with E-state index in [1.54, 1.807) is 6.33 Å². The minimum absolute atomic E-state index is 0.0413. The molecule has 2 heterocycles. The first-order valence-corrected chi connectivity index (χ1v) is 8.10. The molecule has 2 atom stereocenters. The molecule has 0 saturated carbocycles. The molecular formula is C19H18N4O. The summed E-state index contributed by atoms with van der Waals surface area (Å²) in [6, 6.07) is 19.8. The van der Waals surface area contributed by atoms with Crippen LogP contribution in [0.15, 0.2) is 67.0 Å². The van der Waals surface area contributed by atoms with Crippen LogP contribution in [-0.2, 0) is 0 Å². The molecule has 0 amide bonds. The molecule has 0 bridgehead atoms. The fraction of sp³-hybridized carbons (Fsp3) is 0.211. The lowest BCUT2D eigenvalue weighted by molar-refractivity contribution is 0.0972. The van der Waals surface area contributed by atoms with Crippen LogP contribution in [0.5, 0.6) is 0 Å². The van der Waals surface area contributed by atoms with Gasteiger partial charge < -0.3 is 5.32 Å². The second kappa shape index (κ2) is 6.28. The lowest BCUT2D eigenvalue weighted by Gasteiger charge is -2.31. The van der Waals surface area contributed by atoms with Gasteiger partial charge in [0.1, 0.15) is 6.33 Å². The summed E-state index contributed by atoms with van der Waals surface area (Å²) in [7, 11) is 0. The van der Waals surface area contributed by atoms with Crippen molar-refractivity contribution in [3.05, 3.63) is 78.1 Å². The van der Waals surface area contributed by atoms with Crippen LogP contribution in [0, 0.1) is 0 Å². The first-order valence-electron chi connectivity index (χ1n) is 8.10. The van der Waals surface area contributed by atoms with Gasteiger partial charge in [-0.1, -0.05) is 60.7 Å². The molecule has 0 radical (unpaired) electrons. The number of nitrogens with zero attached hydrogens (tertiary/aromatic N) is 3. The van der Waals surface area contributed by atoms with E-state index in [0.29, 0.717) is 6.42 Å². The van der Waals surface area contributed by atoms with Crippen LogP contribution in [0.2, 0.25) is 0 Å². The normalized spacial score (nSPS) is 19.3. The molecule has 1 aliphatic heterocycles. The van der Waals surface area contributed by atoms with Crippen LogP contribution in [0.25, 0.3) is 0 Å². The Hall–Kier alpha value is -2.95. The highest BCUT2D eigenvalue weighted by Crippen LogP contribution is 2.31. The maximum Gasteiger partial charge on any atom is 0.221 e. The third-order valence-electron chi connectivity index (χ3n) is 4.42. The van der Waals surface area contributed by atoms with Crippen molar-refractivity contribution in [2.24, 2.45) is 0 Å². The molecular weight excluding hydrogens is 300 g/mol. The van der Waals surface area contributed by atoms with Crippen molar-refractivity contribution in [1.82, 2.24) is 14.8 Å². The van der Waals surface area contributed by atoms with E-state index in [2.05, 4.69) is 27.5 Å². The fourth-order valence-electron chi connectivity index (χ4n) is 3.24. The maximum absolute atomic E-state index is 12.5. The Morgan fingerprint density at radius 2 is 1.79 bits per heavy atom. The second-order valence-electron chi connectivity index (χ2n) is 6.02. The zero-order valence-electron chi connectivity index (χ0n) is 13.2. The van der Waals surface area contributed by atoms with E-state index >= 15 is 0 Å². The molecule has 0 fully saturated rings. The summed E-state index contributed by atoms with van der Waals surface area (Å²) < 4.78 is 1.90. The molecule has 1 N–H and O–H groups in total. The van der Waals surface area contributed by atoms with Crippen LogP contribution in [0.1, 0.15) is 34.8 Å². The Labute approximate surface area is 140 Å². The number of carbonyl (C=O) groups is 1. The summed E-state index contributed by atoms with van der Waals surface area (Å²) in [6.07, 6.45) is 2.80. The number of carbonyl (C=O) groups excluding carboxylic acids is 1. The lowest BCUT2D eigenvalue weighted by Crippen LogP contribution is -2.34. The molecule has 2 unspecified atom stereocenters. The number of hydrogen-bond acceptors (Lipinski definition) is 4. The Kier molecular flexibility index (Phi) is 3.83. The molecule has 5 nitrogen and oxygen atoms in total. The summed E-state index contributed by atoms with van der Waals surface area (Å²) in [5.41, 5.74) is 1.94. The quantitative estimate of drug-likeness (QED) is 0.750. The molecule has 3 aromatic rings. The van der Waals surface area contributed by atoms with E-state index in [0.717, 1.165) is 17.9 Å². The van der Waals surface area contributed by atoms with Gasteiger partial charge in [-0.15, -0.1) is 0 Å². The summed E-state index contributed by atoms with van der Waals surface area (Å²) >= 11 is 0. The molecule has 1 aromatic heterocycles. The average molecular weight is 318 g/mol. The largest absolute Gasteiger partial charge is 0.351 e. The number of ketones is 1. The molecule has 120 valence electrons. The Morgan fingerprint density at radius 3 is 2.54 bits per heavy atom. The van der Waals surface area contributed by atoms with E-state index in [-0.39, 0.29) is 17.9 Å². The van der Waals surface area contributed by atoms with Gasteiger partial charge in [-0.25, -0.2) is 4.68 Å². The van der Waals surface area contributed by atoms with Crippen LogP contribution in [-0.4, -0.2) is 26.6 Å². The average Bonchev–Trinajstić information content (AvgIpc) is 3.11. The molecule has 4 rings (SSSR count). The summed E-state index contributed by atoms with van der Waals surface area (Å²) in [6.45, 7) is 0. The van der Waals surface area contributed by atoms with Gasteiger partial charge in [0.15, 0.2) is 5.78 Å². The number of rotatable bonds is 4. The van der Waals surface area contributed by atoms with Gasteiger partial charge in [-0.2, -0.15) is 10.1 Å². The predicted octanol–water partition coefficient (Wildman–Crippen LogP) is 3.32. The number of nitrogens with one attached hydrogen (secondary N) is 1. The van der Waals surface area contributed by atoms with E-state index in [4.69, 9.17) is 0 Å². The molecule has 24 heavy (non-hydrogen) atoms. The third kappa shape index (κ3) is 2.80. The van der Waals surface area contributed by atoms with Gasteiger partial charge in [0.2, 0.25) is 5.95 Å². The standard InChI is InChI=1S/C19H18N4O/c24-18(15-9-5-2-6-10-15)12-16-11-17(14-7-3-1-4-8-14)23-19(22-16)20-13-21-23/h1-10,13,16-17H,11-12H2,(H,20,21,22). The summed E-state index contributed by atoms with van der Waals surface area (Å²) in [5, 5.41) is 7.69.